The summed E-state index contributed by atoms with van der Waals surface area (Å²) in [6.07, 6.45) is 68.2. The Morgan fingerprint density at radius 2 is 0.683 bits per heavy atom. The van der Waals surface area contributed by atoms with Crippen molar-refractivity contribution >= 4 is 17.9 Å². The number of ether oxygens (including phenoxy) is 3. The zero-order chi connectivity index (χ0) is 45.8. The molecule has 0 saturated heterocycles. The highest BCUT2D eigenvalue weighted by molar-refractivity contribution is 5.72. The average molecular weight is 873 g/mol. The monoisotopic (exact) mass is 873 g/mol. The van der Waals surface area contributed by atoms with Gasteiger partial charge in [-0.1, -0.05) is 201 Å². The normalized spacial score (nSPS) is 13.0. The molecule has 0 spiro atoms. The molecule has 356 valence electrons. The van der Waals surface area contributed by atoms with Crippen LogP contribution in [0, 0.1) is 0 Å². The minimum atomic E-state index is -0.824. The fourth-order valence-electron chi connectivity index (χ4n) is 6.52. The fraction of sp³-hybridized carbons (Fsp3) is 0.632. The van der Waals surface area contributed by atoms with E-state index in [-0.39, 0.29) is 31.6 Å². The van der Waals surface area contributed by atoms with E-state index >= 15 is 0 Å². The van der Waals surface area contributed by atoms with Gasteiger partial charge in [0.05, 0.1) is 6.42 Å². The highest BCUT2D eigenvalue weighted by atomic mass is 16.6. The Morgan fingerprint density at radius 3 is 1.11 bits per heavy atom. The summed E-state index contributed by atoms with van der Waals surface area (Å²) in [6, 6.07) is 0. The van der Waals surface area contributed by atoms with Crippen LogP contribution in [0.3, 0.4) is 0 Å². The van der Waals surface area contributed by atoms with E-state index in [0.717, 1.165) is 109 Å². The fourth-order valence-corrected chi connectivity index (χ4v) is 6.52. The van der Waals surface area contributed by atoms with Crippen molar-refractivity contribution in [3.8, 4) is 0 Å². The highest BCUT2D eigenvalue weighted by Crippen LogP contribution is 2.13. The van der Waals surface area contributed by atoms with Gasteiger partial charge in [-0.2, -0.15) is 0 Å². The predicted octanol–water partition coefficient (Wildman–Crippen LogP) is 16.8. The molecule has 0 aliphatic rings. The lowest BCUT2D eigenvalue weighted by atomic mass is 10.1. The van der Waals surface area contributed by atoms with Crippen LogP contribution in [0.5, 0.6) is 0 Å². The van der Waals surface area contributed by atoms with Crippen LogP contribution in [0.1, 0.15) is 213 Å². The van der Waals surface area contributed by atoms with Crippen LogP contribution in [0.15, 0.2) is 109 Å². The summed E-state index contributed by atoms with van der Waals surface area (Å²) in [5.41, 5.74) is 0. The van der Waals surface area contributed by atoms with Crippen molar-refractivity contribution in [2.45, 2.75) is 219 Å². The summed E-state index contributed by atoms with van der Waals surface area (Å²) in [7, 11) is 0. The molecule has 1 unspecified atom stereocenters. The minimum Gasteiger partial charge on any atom is -0.462 e. The van der Waals surface area contributed by atoms with Crippen molar-refractivity contribution in [3.63, 3.8) is 0 Å². The van der Waals surface area contributed by atoms with E-state index in [1.165, 1.54) is 64.2 Å². The standard InChI is InChI=1S/C57H92O6/c1-4-7-10-13-16-19-21-23-25-27-28-30-31-33-35-38-41-44-47-50-56(59)62-53-54(52-61-55(58)49-46-43-40-37-18-15-12-9-6-3)63-57(60)51-48-45-42-39-36-34-32-29-26-24-22-20-17-14-11-8-5-2/h7,9-10,12,16-20,23-26,28,30,37,43,46,54H,4-6,8,11,13-15,21-22,27,29,31-36,38-42,44-45,47-53H2,1-3H3/b10-7-,12-9-,19-16-,20-17-,25-23-,26-24-,30-28-,37-18-,46-43-. The molecule has 1 atom stereocenters. The first-order valence-corrected chi connectivity index (χ1v) is 25.4. The van der Waals surface area contributed by atoms with Gasteiger partial charge in [0.25, 0.3) is 0 Å². The van der Waals surface area contributed by atoms with Crippen molar-refractivity contribution in [2.75, 3.05) is 13.2 Å². The molecule has 0 aromatic rings. The number of allylic oxidation sites excluding steroid dienone is 17. The van der Waals surface area contributed by atoms with Gasteiger partial charge >= 0.3 is 17.9 Å². The average Bonchev–Trinajstić information content (AvgIpc) is 3.28. The Labute approximate surface area is 387 Å². The maximum absolute atomic E-state index is 12.8. The molecule has 0 rings (SSSR count). The Morgan fingerprint density at radius 1 is 0.349 bits per heavy atom. The zero-order valence-electron chi connectivity index (χ0n) is 40.5. The summed E-state index contributed by atoms with van der Waals surface area (Å²) in [5, 5.41) is 0. The lowest BCUT2D eigenvalue weighted by Gasteiger charge is -2.18. The van der Waals surface area contributed by atoms with Crippen LogP contribution >= 0.6 is 0 Å². The molecule has 0 radical (unpaired) electrons. The van der Waals surface area contributed by atoms with Crippen LogP contribution in [0.25, 0.3) is 0 Å². The zero-order valence-corrected chi connectivity index (χ0v) is 40.5. The van der Waals surface area contributed by atoms with Crippen LogP contribution in [0.2, 0.25) is 0 Å². The lowest BCUT2D eigenvalue weighted by Crippen LogP contribution is -2.30. The second kappa shape index (κ2) is 50.7. The number of carbonyl (C=O) groups is 3. The van der Waals surface area contributed by atoms with Gasteiger partial charge in [-0.05, 0) is 103 Å². The molecule has 0 aromatic heterocycles. The molecule has 0 saturated carbocycles. The minimum absolute atomic E-state index is 0.118. The quantitative estimate of drug-likeness (QED) is 0.0263. The maximum Gasteiger partial charge on any atom is 0.309 e. The molecule has 0 aromatic carbocycles. The van der Waals surface area contributed by atoms with Crippen LogP contribution in [0.4, 0.5) is 0 Å². The molecular weight excluding hydrogens is 781 g/mol. The van der Waals surface area contributed by atoms with Crippen molar-refractivity contribution < 1.29 is 28.6 Å². The Hall–Kier alpha value is -3.93. The molecular formula is C57H92O6. The van der Waals surface area contributed by atoms with Gasteiger partial charge in [-0.15, -0.1) is 0 Å². The lowest BCUT2D eigenvalue weighted by molar-refractivity contribution is -0.166. The van der Waals surface area contributed by atoms with E-state index in [9.17, 15) is 14.4 Å². The number of unbranched alkanes of at least 4 members (excludes halogenated alkanes) is 16. The number of hydrogen-bond donors (Lipinski definition) is 0. The number of esters is 3. The van der Waals surface area contributed by atoms with Gasteiger partial charge in [-0.3, -0.25) is 14.4 Å². The summed E-state index contributed by atoms with van der Waals surface area (Å²) in [4.78, 5) is 37.8. The van der Waals surface area contributed by atoms with E-state index < -0.39 is 12.1 Å². The van der Waals surface area contributed by atoms with Crippen LogP contribution < -0.4 is 0 Å². The molecule has 0 N–H and O–H groups in total. The Bertz CT molecular complexity index is 1330. The van der Waals surface area contributed by atoms with Gasteiger partial charge in [0.15, 0.2) is 6.10 Å². The number of carbonyl (C=O) groups excluding carboxylic acids is 3. The number of rotatable bonds is 44. The summed E-state index contributed by atoms with van der Waals surface area (Å²) >= 11 is 0. The van der Waals surface area contributed by atoms with E-state index in [4.69, 9.17) is 14.2 Å². The summed E-state index contributed by atoms with van der Waals surface area (Å²) in [5.74, 6) is -1.07. The van der Waals surface area contributed by atoms with Crippen LogP contribution in [-0.2, 0) is 28.6 Å². The summed E-state index contributed by atoms with van der Waals surface area (Å²) < 4.78 is 16.6. The molecule has 0 aliphatic heterocycles. The smallest absolute Gasteiger partial charge is 0.309 e. The van der Waals surface area contributed by atoms with Gasteiger partial charge in [0.2, 0.25) is 0 Å². The molecule has 0 fully saturated rings. The number of hydrogen-bond acceptors (Lipinski definition) is 6. The third-order valence-corrected chi connectivity index (χ3v) is 10.3. The van der Waals surface area contributed by atoms with Gasteiger partial charge < -0.3 is 14.2 Å². The van der Waals surface area contributed by atoms with Crippen molar-refractivity contribution in [1.82, 2.24) is 0 Å². The second-order valence-electron chi connectivity index (χ2n) is 16.3. The molecule has 6 nitrogen and oxygen atoms in total. The highest BCUT2D eigenvalue weighted by Gasteiger charge is 2.19. The van der Waals surface area contributed by atoms with Gasteiger partial charge in [0, 0.05) is 12.8 Å². The second-order valence-corrected chi connectivity index (χ2v) is 16.3. The first-order chi connectivity index (χ1) is 31.0. The molecule has 0 aliphatic carbocycles. The Balaban J connectivity index is 4.42. The Kier molecular flexibility index (Phi) is 47.5. The molecule has 6 heteroatoms. The van der Waals surface area contributed by atoms with Gasteiger partial charge in [0.1, 0.15) is 13.2 Å². The van der Waals surface area contributed by atoms with E-state index in [1.807, 2.05) is 6.08 Å². The summed E-state index contributed by atoms with van der Waals surface area (Å²) in [6.45, 7) is 6.25. The van der Waals surface area contributed by atoms with Crippen molar-refractivity contribution in [1.29, 1.82) is 0 Å². The third-order valence-electron chi connectivity index (χ3n) is 10.3. The largest absolute Gasteiger partial charge is 0.462 e. The first-order valence-electron chi connectivity index (χ1n) is 25.4. The molecule has 0 bridgehead atoms. The molecule has 0 heterocycles. The van der Waals surface area contributed by atoms with E-state index in [2.05, 4.69) is 118 Å². The molecule has 0 amide bonds. The molecule has 63 heavy (non-hydrogen) atoms. The van der Waals surface area contributed by atoms with Crippen molar-refractivity contribution in [2.24, 2.45) is 0 Å². The first kappa shape index (κ1) is 59.1. The van der Waals surface area contributed by atoms with Crippen LogP contribution in [-0.4, -0.2) is 37.2 Å². The maximum atomic E-state index is 12.8. The predicted molar refractivity (Wildman–Crippen MR) is 270 cm³/mol. The van der Waals surface area contributed by atoms with Crippen molar-refractivity contribution in [3.05, 3.63) is 109 Å². The van der Waals surface area contributed by atoms with Gasteiger partial charge in [-0.25, -0.2) is 0 Å². The van der Waals surface area contributed by atoms with E-state index in [0.29, 0.717) is 12.8 Å². The van der Waals surface area contributed by atoms with E-state index in [1.54, 1.807) is 6.08 Å². The SMILES string of the molecule is CC/C=C\C/C=C\C/C=C\C/C=C\CCCCCCCCC(=O)OCC(COC(=O)C/C=C\C/C=C\C/C=C\CC)OC(=O)CCCCCCCCC/C=C\C/C=C\CCCCC. The topological polar surface area (TPSA) is 78.9 Å². The third kappa shape index (κ3) is 49.0.